The van der Waals surface area contributed by atoms with E-state index < -0.39 is 12.0 Å². The number of carbonyl (C=O) groups is 1. The Balaban J connectivity index is 2.16. The highest BCUT2D eigenvalue weighted by Gasteiger charge is 2.22. The summed E-state index contributed by atoms with van der Waals surface area (Å²) in [6.07, 6.45) is 0.556. The first kappa shape index (κ1) is 14.7. The van der Waals surface area contributed by atoms with Crippen LogP contribution in [0.4, 0.5) is 0 Å². The summed E-state index contributed by atoms with van der Waals surface area (Å²) in [6, 6.07) is 3.40. The van der Waals surface area contributed by atoms with Gasteiger partial charge in [0, 0.05) is 6.54 Å². The second-order valence-corrected chi connectivity index (χ2v) is 5.62. The minimum absolute atomic E-state index is 0.464. The third kappa shape index (κ3) is 3.08. The highest BCUT2D eigenvalue weighted by Crippen LogP contribution is 2.26. The van der Waals surface area contributed by atoms with Crippen LogP contribution < -0.4 is 0 Å². The summed E-state index contributed by atoms with van der Waals surface area (Å²) in [5.41, 5.74) is 0.788. The largest absolute Gasteiger partial charge is 0.480 e. The summed E-state index contributed by atoms with van der Waals surface area (Å²) < 4.78 is 5.66. The van der Waals surface area contributed by atoms with E-state index >= 15 is 0 Å². The van der Waals surface area contributed by atoms with E-state index in [9.17, 15) is 4.79 Å². The average Bonchev–Trinajstić information content (AvgIpc) is 3.00. The quantitative estimate of drug-likeness (QED) is 0.887. The molecule has 2 aromatic heterocycles. The third-order valence-corrected chi connectivity index (χ3v) is 4.09. The number of oxazole rings is 1. The second-order valence-electron chi connectivity index (χ2n) is 4.68. The van der Waals surface area contributed by atoms with Gasteiger partial charge in [0.25, 0.3) is 0 Å². The molecule has 0 fully saturated rings. The summed E-state index contributed by atoms with van der Waals surface area (Å²) >= 11 is 1.57. The minimum atomic E-state index is -0.811. The molecule has 2 rings (SSSR count). The van der Waals surface area contributed by atoms with Crippen LogP contribution >= 0.6 is 11.3 Å². The fraction of sp³-hybridized carbons (Fsp3) is 0.429. The van der Waals surface area contributed by atoms with Crippen LogP contribution in [0.5, 0.6) is 0 Å². The molecule has 0 aromatic carbocycles. The molecule has 6 heteroatoms. The molecule has 0 aliphatic carbocycles. The van der Waals surface area contributed by atoms with Gasteiger partial charge in [0.15, 0.2) is 0 Å². The normalized spacial score (nSPS) is 12.8. The molecule has 1 unspecified atom stereocenters. The monoisotopic (exact) mass is 294 g/mol. The number of rotatable bonds is 6. The Labute approximate surface area is 121 Å². The van der Waals surface area contributed by atoms with Crippen molar-refractivity contribution in [3.63, 3.8) is 0 Å². The van der Waals surface area contributed by atoms with Crippen molar-refractivity contribution in [2.75, 3.05) is 7.05 Å². The number of thiophene rings is 1. The molecule has 5 nitrogen and oxygen atoms in total. The lowest BCUT2D eigenvalue weighted by atomic mass is 10.2. The Hall–Kier alpha value is -1.66. The molecule has 0 saturated carbocycles. The molecule has 0 aliphatic rings. The van der Waals surface area contributed by atoms with Gasteiger partial charge in [-0.15, -0.1) is 11.3 Å². The second kappa shape index (κ2) is 6.19. The van der Waals surface area contributed by atoms with E-state index in [0.717, 1.165) is 16.3 Å². The topological polar surface area (TPSA) is 66.6 Å². The van der Waals surface area contributed by atoms with Crippen molar-refractivity contribution in [1.82, 2.24) is 9.88 Å². The van der Waals surface area contributed by atoms with Gasteiger partial charge < -0.3 is 9.52 Å². The van der Waals surface area contributed by atoms with E-state index in [0.29, 0.717) is 18.9 Å². The maximum absolute atomic E-state index is 11.2. The van der Waals surface area contributed by atoms with Crippen molar-refractivity contribution in [2.24, 2.45) is 0 Å². The number of carboxylic acids is 1. The van der Waals surface area contributed by atoms with E-state index in [-0.39, 0.29) is 0 Å². The molecular formula is C14H18N2O3S. The van der Waals surface area contributed by atoms with Crippen molar-refractivity contribution >= 4 is 17.3 Å². The van der Waals surface area contributed by atoms with Crippen LogP contribution in [0.1, 0.15) is 24.8 Å². The summed E-state index contributed by atoms with van der Waals surface area (Å²) in [6.45, 7) is 4.18. The predicted molar refractivity (Wildman–Crippen MR) is 77.7 cm³/mol. The van der Waals surface area contributed by atoms with Crippen molar-refractivity contribution in [1.29, 1.82) is 0 Å². The molecule has 0 bridgehead atoms. The lowest BCUT2D eigenvalue weighted by Crippen LogP contribution is -2.37. The van der Waals surface area contributed by atoms with Gasteiger partial charge >= 0.3 is 5.97 Å². The summed E-state index contributed by atoms with van der Waals surface area (Å²) in [4.78, 5) is 18.4. The van der Waals surface area contributed by atoms with Gasteiger partial charge in [-0.25, -0.2) is 4.98 Å². The van der Waals surface area contributed by atoms with Gasteiger partial charge in [-0.2, -0.15) is 0 Å². The Morgan fingerprint density at radius 3 is 2.90 bits per heavy atom. The van der Waals surface area contributed by atoms with Crippen LogP contribution in [-0.4, -0.2) is 34.0 Å². The Bertz CT molecular complexity index is 577. The van der Waals surface area contributed by atoms with Gasteiger partial charge in [0.05, 0.1) is 10.6 Å². The smallest absolute Gasteiger partial charge is 0.320 e. The van der Waals surface area contributed by atoms with Crippen LogP contribution in [-0.2, 0) is 11.3 Å². The molecular weight excluding hydrogens is 276 g/mol. The van der Waals surface area contributed by atoms with Crippen molar-refractivity contribution in [3.05, 3.63) is 29.0 Å². The molecule has 0 aliphatic heterocycles. The van der Waals surface area contributed by atoms with E-state index in [1.54, 1.807) is 23.3 Å². The number of aromatic nitrogens is 1. The standard InChI is InChI=1S/C14H18N2O3S/c1-4-11(14(17)18)16(3)8-10-9(2)19-13(15-10)12-6-5-7-20-12/h5-7,11H,4,8H2,1-3H3,(H,17,18). The molecule has 1 N–H and O–H groups in total. The molecule has 0 radical (unpaired) electrons. The first-order chi connectivity index (χ1) is 9.52. The number of hydrogen-bond donors (Lipinski definition) is 1. The zero-order valence-electron chi connectivity index (χ0n) is 11.8. The van der Waals surface area contributed by atoms with Crippen LogP contribution in [0.25, 0.3) is 10.8 Å². The van der Waals surface area contributed by atoms with Gasteiger partial charge in [0.2, 0.25) is 5.89 Å². The molecule has 108 valence electrons. The van der Waals surface area contributed by atoms with Crippen molar-refractivity contribution < 1.29 is 14.3 Å². The van der Waals surface area contributed by atoms with Gasteiger partial charge in [-0.05, 0) is 31.8 Å². The van der Waals surface area contributed by atoms with Gasteiger partial charge in [0.1, 0.15) is 11.8 Å². The van der Waals surface area contributed by atoms with Gasteiger partial charge in [-0.1, -0.05) is 13.0 Å². The van der Waals surface area contributed by atoms with Gasteiger partial charge in [-0.3, -0.25) is 9.69 Å². The zero-order valence-corrected chi connectivity index (χ0v) is 12.6. The van der Waals surface area contributed by atoms with Crippen molar-refractivity contribution in [2.45, 2.75) is 32.9 Å². The van der Waals surface area contributed by atoms with Crippen LogP contribution in [0, 0.1) is 6.92 Å². The van der Waals surface area contributed by atoms with Crippen LogP contribution in [0.2, 0.25) is 0 Å². The SMILES string of the molecule is CCC(C(=O)O)N(C)Cc1nc(-c2cccs2)oc1C. The van der Waals surface area contributed by atoms with E-state index in [1.165, 1.54) is 0 Å². The lowest BCUT2D eigenvalue weighted by molar-refractivity contribution is -0.143. The maximum atomic E-state index is 11.2. The van der Waals surface area contributed by atoms with Crippen LogP contribution in [0.3, 0.4) is 0 Å². The van der Waals surface area contributed by atoms with E-state index in [2.05, 4.69) is 4.98 Å². The first-order valence-electron chi connectivity index (χ1n) is 6.46. The number of aliphatic carboxylic acids is 1. The predicted octanol–water partition coefficient (Wildman–Crippen LogP) is 3.01. The van der Waals surface area contributed by atoms with Crippen LogP contribution in [0.15, 0.2) is 21.9 Å². The van der Waals surface area contributed by atoms with E-state index in [4.69, 9.17) is 9.52 Å². The first-order valence-corrected chi connectivity index (χ1v) is 7.34. The number of likely N-dealkylation sites (N-methyl/N-ethyl adjacent to an activating group) is 1. The molecule has 0 saturated heterocycles. The highest BCUT2D eigenvalue weighted by atomic mass is 32.1. The average molecular weight is 294 g/mol. The Morgan fingerprint density at radius 2 is 2.35 bits per heavy atom. The highest BCUT2D eigenvalue weighted by molar-refractivity contribution is 7.13. The molecule has 2 heterocycles. The molecule has 0 amide bonds. The summed E-state index contributed by atoms with van der Waals surface area (Å²) in [5, 5.41) is 11.1. The third-order valence-electron chi connectivity index (χ3n) is 3.23. The summed E-state index contributed by atoms with van der Waals surface area (Å²) in [5.74, 6) is 0.527. The fourth-order valence-electron chi connectivity index (χ4n) is 2.10. The fourth-order valence-corrected chi connectivity index (χ4v) is 2.75. The number of carboxylic acid groups (broad SMARTS) is 1. The maximum Gasteiger partial charge on any atom is 0.320 e. The molecule has 20 heavy (non-hydrogen) atoms. The molecule has 1 atom stereocenters. The Morgan fingerprint density at radius 1 is 1.60 bits per heavy atom. The number of hydrogen-bond acceptors (Lipinski definition) is 5. The number of aryl methyl sites for hydroxylation is 1. The zero-order chi connectivity index (χ0) is 14.7. The van der Waals surface area contributed by atoms with Crippen molar-refractivity contribution in [3.8, 4) is 10.8 Å². The molecule has 2 aromatic rings. The van der Waals surface area contributed by atoms with E-state index in [1.807, 2.05) is 31.4 Å². The minimum Gasteiger partial charge on any atom is -0.480 e. The molecule has 0 spiro atoms. The Kier molecular flexibility index (Phi) is 4.57. The lowest BCUT2D eigenvalue weighted by Gasteiger charge is -2.22. The number of nitrogens with zero attached hydrogens (tertiary/aromatic N) is 2. The summed E-state index contributed by atoms with van der Waals surface area (Å²) in [7, 11) is 1.79.